The van der Waals surface area contributed by atoms with E-state index in [2.05, 4.69) is 30.9 Å². The molecule has 0 bridgehead atoms. The fraction of sp³-hybridized carbons (Fsp3) is 0.538. The van der Waals surface area contributed by atoms with E-state index in [1.807, 2.05) is 7.05 Å². The number of likely N-dealkylation sites (N-methyl/N-ethyl adjacent to an activating group) is 1. The Balaban J connectivity index is 2.77. The van der Waals surface area contributed by atoms with E-state index < -0.39 is 0 Å². The highest BCUT2D eigenvalue weighted by Gasteiger charge is 2.05. The molecule has 16 heavy (non-hydrogen) atoms. The summed E-state index contributed by atoms with van der Waals surface area (Å²) in [5, 5.41) is 0. The van der Waals surface area contributed by atoms with E-state index in [-0.39, 0.29) is 0 Å². The second-order valence-corrected chi connectivity index (χ2v) is 4.26. The van der Waals surface area contributed by atoms with E-state index in [0.717, 1.165) is 18.7 Å². The highest BCUT2D eigenvalue weighted by molar-refractivity contribution is 5.41. The van der Waals surface area contributed by atoms with E-state index in [0.29, 0.717) is 6.67 Å². The van der Waals surface area contributed by atoms with Gasteiger partial charge in [0.05, 0.1) is 7.11 Å². The molecular weight excluding hydrogens is 200 g/mol. The number of hydrogen-bond acceptors (Lipinski definition) is 3. The Hall–Kier alpha value is -1.06. The minimum atomic E-state index is 0.605. The van der Waals surface area contributed by atoms with Gasteiger partial charge in [0.1, 0.15) is 5.75 Å². The second kappa shape index (κ2) is 5.87. The maximum Gasteiger partial charge on any atom is 0.122 e. The first-order chi connectivity index (χ1) is 7.58. The Labute approximate surface area is 98.2 Å². The summed E-state index contributed by atoms with van der Waals surface area (Å²) in [4.78, 5) is 2.11. The van der Waals surface area contributed by atoms with Crippen LogP contribution in [0, 0.1) is 13.8 Å². The van der Waals surface area contributed by atoms with Crippen molar-refractivity contribution in [2.24, 2.45) is 5.73 Å². The smallest absolute Gasteiger partial charge is 0.122 e. The van der Waals surface area contributed by atoms with Gasteiger partial charge in [-0.3, -0.25) is 4.90 Å². The summed E-state index contributed by atoms with van der Waals surface area (Å²) in [6.07, 6.45) is 1.03. The number of hydrogen-bond donors (Lipinski definition) is 1. The highest BCUT2D eigenvalue weighted by Crippen LogP contribution is 2.22. The van der Waals surface area contributed by atoms with Crippen molar-refractivity contribution >= 4 is 0 Å². The first-order valence-corrected chi connectivity index (χ1v) is 5.61. The van der Waals surface area contributed by atoms with Crippen molar-refractivity contribution in [3.05, 3.63) is 28.8 Å². The molecular formula is C13H22N2O. The maximum absolute atomic E-state index is 5.56. The molecule has 0 aliphatic rings. The standard InChI is InChI=1S/C13H22N2O/c1-10-8-13(16-4)11(2)7-12(10)5-6-15(3)9-14/h7-8H,5-6,9,14H2,1-4H3. The quantitative estimate of drug-likeness (QED) is 0.771. The lowest BCUT2D eigenvalue weighted by Gasteiger charge is -2.16. The van der Waals surface area contributed by atoms with Crippen LogP contribution in [0.5, 0.6) is 5.75 Å². The minimum absolute atomic E-state index is 0.605. The molecule has 0 aromatic heterocycles. The lowest BCUT2D eigenvalue weighted by molar-refractivity contribution is 0.349. The van der Waals surface area contributed by atoms with Crippen LogP contribution in [0.3, 0.4) is 0 Å². The van der Waals surface area contributed by atoms with Crippen LogP contribution in [0.25, 0.3) is 0 Å². The molecule has 0 saturated heterocycles. The average molecular weight is 222 g/mol. The number of methoxy groups -OCH3 is 1. The third-order valence-corrected chi connectivity index (χ3v) is 2.93. The van der Waals surface area contributed by atoms with Gasteiger partial charge in [0.15, 0.2) is 0 Å². The maximum atomic E-state index is 5.56. The van der Waals surface area contributed by atoms with Gasteiger partial charge in [-0.2, -0.15) is 0 Å². The average Bonchev–Trinajstić information content (AvgIpc) is 2.29. The summed E-state index contributed by atoms with van der Waals surface area (Å²) in [5.74, 6) is 0.966. The molecule has 0 amide bonds. The van der Waals surface area contributed by atoms with Crippen LogP contribution in [0.1, 0.15) is 16.7 Å². The number of benzene rings is 1. The number of aryl methyl sites for hydroxylation is 2. The van der Waals surface area contributed by atoms with Crippen LogP contribution >= 0.6 is 0 Å². The van der Waals surface area contributed by atoms with E-state index >= 15 is 0 Å². The van der Waals surface area contributed by atoms with Crippen molar-refractivity contribution in [3.63, 3.8) is 0 Å². The van der Waals surface area contributed by atoms with E-state index in [4.69, 9.17) is 10.5 Å². The first-order valence-electron chi connectivity index (χ1n) is 5.61. The zero-order chi connectivity index (χ0) is 12.1. The summed E-state index contributed by atoms with van der Waals surface area (Å²) < 4.78 is 5.30. The van der Waals surface area contributed by atoms with Crippen LogP contribution in [0.15, 0.2) is 12.1 Å². The predicted octanol–water partition coefficient (Wildman–Crippen LogP) is 1.70. The molecule has 1 aromatic carbocycles. The lowest BCUT2D eigenvalue weighted by Crippen LogP contribution is -2.27. The summed E-state index contributed by atoms with van der Waals surface area (Å²) in [7, 11) is 3.75. The van der Waals surface area contributed by atoms with Gasteiger partial charge in [0.2, 0.25) is 0 Å². The van der Waals surface area contributed by atoms with Gasteiger partial charge in [-0.1, -0.05) is 6.07 Å². The molecule has 90 valence electrons. The largest absolute Gasteiger partial charge is 0.496 e. The van der Waals surface area contributed by atoms with Crippen LogP contribution in [-0.4, -0.2) is 32.3 Å². The Morgan fingerprint density at radius 2 is 1.94 bits per heavy atom. The fourth-order valence-electron chi connectivity index (χ4n) is 1.74. The molecule has 2 N–H and O–H groups in total. The molecule has 0 atom stereocenters. The van der Waals surface area contributed by atoms with E-state index in [9.17, 15) is 0 Å². The first kappa shape index (κ1) is 13.0. The molecule has 0 heterocycles. The minimum Gasteiger partial charge on any atom is -0.496 e. The number of ether oxygens (including phenoxy) is 1. The van der Waals surface area contributed by atoms with Gasteiger partial charge in [-0.05, 0) is 50.1 Å². The van der Waals surface area contributed by atoms with Gasteiger partial charge in [0.25, 0.3) is 0 Å². The molecule has 0 radical (unpaired) electrons. The molecule has 0 saturated carbocycles. The van der Waals surface area contributed by atoms with Crippen molar-refractivity contribution in [1.82, 2.24) is 4.90 Å². The van der Waals surface area contributed by atoms with Gasteiger partial charge in [0, 0.05) is 13.2 Å². The SMILES string of the molecule is COc1cc(C)c(CCN(C)CN)cc1C. The predicted molar refractivity (Wildman–Crippen MR) is 67.9 cm³/mol. The fourth-order valence-corrected chi connectivity index (χ4v) is 1.74. The van der Waals surface area contributed by atoms with Gasteiger partial charge < -0.3 is 10.5 Å². The third kappa shape index (κ3) is 3.22. The number of nitrogens with two attached hydrogens (primary N) is 1. The summed E-state index contributed by atoms with van der Waals surface area (Å²) >= 11 is 0. The summed E-state index contributed by atoms with van der Waals surface area (Å²) in [6, 6.07) is 4.31. The van der Waals surface area contributed by atoms with Crippen LogP contribution in [0.4, 0.5) is 0 Å². The Bertz CT molecular complexity index is 350. The van der Waals surface area contributed by atoms with Gasteiger partial charge >= 0.3 is 0 Å². The topological polar surface area (TPSA) is 38.5 Å². The molecule has 0 aliphatic heterocycles. The van der Waals surface area contributed by atoms with Crippen molar-refractivity contribution < 1.29 is 4.74 Å². The molecule has 0 spiro atoms. The second-order valence-electron chi connectivity index (χ2n) is 4.26. The molecule has 1 aromatic rings. The summed E-state index contributed by atoms with van der Waals surface area (Å²) in [6.45, 7) is 5.80. The van der Waals surface area contributed by atoms with E-state index in [1.54, 1.807) is 7.11 Å². The Morgan fingerprint density at radius 1 is 1.25 bits per heavy atom. The van der Waals surface area contributed by atoms with Gasteiger partial charge in [-0.25, -0.2) is 0 Å². The van der Waals surface area contributed by atoms with Crippen molar-refractivity contribution in [2.75, 3.05) is 27.4 Å². The molecule has 0 aliphatic carbocycles. The molecule has 0 fully saturated rings. The number of rotatable bonds is 5. The van der Waals surface area contributed by atoms with Crippen molar-refractivity contribution in [1.29, 1.82) is 0 Å². The normalized spacial score (nSPS) is 10.9. The third-order valence-electron chi connectivity index (χ3n) is 2.93. The molecule has 3 heteroatoms. The lowest BCUT2D eigenvalue weighted by atomic mass is 10.0. The van der Waals surface area contributed by atoms with Crippen LogP contribution in [0.2, 0.25) is 0 Å². The molecule has 0 unspecified atom stereocenters. The number of nitrogens with zero attached hydrogens (tertiary/aromatic N) is 1. The van der Waals surface area contributed by atoms with Gasteiger partial charge in [-0.15, -0.1) is 0 Å². The van der Waals surface area contributed by atoms with Crippen LogP contribution < -0.4 is 10.5 Å². The molecule has 1 rings (SSSR count). The van der Waals surface area contributed by atoms with E-state index in [1.165, 1.54) is 16.7 Å². The van der Waals surface area contributed by atoms with Crippen molar-refractivity contribution in [3.8, 4) is 5.75 Å². The van der Waals surface area contributed by atoms with Crippen LogP contribution in [-0.2, 0) is 6.42 Å². The van der Waals surface area contributed by atoms with Crippen molar-refractivity contribution in [2.45, 2.75) is 20.3 Å². The monoisotopic (exact) mass is 222 g/mol. The summed E-state index contributed by atoms with van der Waals surface area (Å²) in [5.41, 5.74) is 9.41. The Kier molecular flexibility index (Phi) is 4.77. The Morgan fingerprint density at radius 3 is 2.50 bits per heavy atom. The zero-order valence-corrected chi connectivity index (χ0v) is 10.7. The highest BCUT2D eigenvalue weighted by atomic mass is 16.5. The molecule has 3 nitrogen and oxygen atoms in total. The zero-order valence-electron chi connectivity index (χ0n) is 10.7.